The first kappa shape index (κ1) is 12.0. The lowest BCUT2D eigenvalue weighted by Crippen LogP contribution is -1.93. The third-order valence-electron chi connectivity index (χ3n) is 2.95. The van der Waals surface area contributed by atoms with Gasteiger partial charge in [0.1, 0.15) is 11.4 Å². The summed E-state index contributed by atoms with van der Waals surface area (Å²) in [5, 5.41) is 21.8. The number of aromatic amines is 1. The van der Waals surface area contributed by atoms with E-state index in [1.54, 1.807) is 18.2 Å². The van der Waals surface area contributed by atoms with Gasteiger partial charge in [-0.3, -0.25) is 10.1 Å². The van der Waals surface area contributed by atoms with Gasteiger partial charge >= 0.3 is 0 Å². The van der Waals surface area contributed by atoms with E-state index in [1.165, 1.54) is 6.07 Å². The van der Waals surface area contributed by atoms with Gasteiger partial charge < -0.3 is 0 Å². The normalized spacial score (nSPS) is 10.4. The molecule has 98 valence electrons. The van der Waals surface area contributed by atoms with Crippen LogP contribution in [0, 0.1) is 10.1 Å². The van der Waals surface area contributed by atoms with Crippen molar-refractivity contribution in [2.45, 2.75) is 0 Å². The van der Waals surface area contributed by atoms with Gasteiger partial charge in [0.2, 0.25) is 0 Å². The highest BCUT2D eigenvalue weighted by Gasteiger charge is 2.20. The number of nitro groups is 1. The van der Waals surface area contributed by atoms with Gasteiger partial charge in [-0.25, -0.2) is 0 Å². The third kappa shape index (κ3) is 2.03. The van der Waals surface area contributed by atoms with Crippen molar-refractivity contribution in [3.8, 4) is 22.5 Å². The minimum Gasteiger partial charge on any atom is -0.258 e. The molecule has 3 aromatic rings. The molecule has 0 radical (unpaired) electrons. The molecule has 0 aliphatic carbocycles. The number of aromatic nitrogens is 3. The summed E-state index contributed by atoms with van der Waals surface area (Å²) in [5.41, 5.74) is 2.39. The van der Waals surface area contributed by atoms with Gasteiger partial charge in [0.25, 0.3) is 5.69 Å². The number of hydrogen-bond donors (Lipinski definition) is 1. The van der Waals surface area contributed by atoms with Gasteiger partial charge in [-0.15, -0.1) is 0 Å². The molecule has 6 nitrogen and oxygen atoms in total. The Labute approximate surface area is 114 Å². The van der Waals surface area contributed by atoms with Gasteiger partial charge in [-0.1, -0.05) is 42.5 Å². The molecule has 2 aromatic carbocycles. The van der Waals surface area contributed by atoms with Crippen LogP contribution in [-0.4, -0.2) is 20.3 Å². The summed E-state index contributed by atoms with van der Waals surface area (Å²) in [6.07, 6.45) is 0. The fourth-order valence-corrected chi connectivity index (χ4v) is 2.05. The van der Waals surface area contributed by atoms with Crippen LogP contribution in [0.2, 0.25) is 0 Å². The summed E-state index contributed by atoms with van der Waals surface area (Å²) in [7, 11) is 0. The monoisotopic (exact) mass is 266 g/mol. The average Bonchev–Trinajstić information content (AvgIpc) is 2.97. The van der Waals surface area contributed by atoms with Crippen LogP contribution >= 0.6 is 0 Å². The fourth-order valence-electron chi connectivity index (χ4n) is 2.05. The second-order valence-corrected chi connectivity index (χ2v) is 4.16. The van der Waals surface area contributed by atoms with Gasteiger partial charge in [-0.2, -0.15) is 15.4 Å². The lowest BCUT2D eigenvalue weighted by Gasteiger charge is -2.02. The molecule has 1 heterocycles. The van der Waals surface area contributed by atoms with Crippen molar-refractivity contribution >= 4 is 5.69 Å². The highest BCUT2D eigenvalue weighted by atomic mass is 16.6. The zero-order chi connectivity index (χ0) is 13.9. The number of rotatable bonds is 3. The smallest absolute Gasteiger partial charge is 0.258 e. The molecule has 0 spiro atoms. The first-order valence-corrected chi connectivity index (χ1v) is 5.97. The van der Waals surface area contributed by atoms with Crippen LogP contribution in [-0.2, 0) is 0 Å². The average molecular weight is 266 g/mol. The molecular formula is C14H10N4O2. The maximum absolute atomic E-state index is 11.1. The van der Waals surface area contributed by atoms with Crippen molar-refractivity contribution < 1.29 is 4.92 Å². The molecule has 1 aromatic heterocycles. The van der Waals surface area contributed by atoms with E-state index in [9.17, 15) is 10.1 Å². The van der Waals surface area contributed by atoms with E-state index >= 15 is 0 Å². The summed E-state index contributed by atoms with van der Waals surface area (Å²) >= 11 is 0. The number of hydrogen-bond acceptors (Lipinski definition) is 4. The predicted molar refractivity (Wildman–Crippen MR) is 73.9 cm³/mol. The van der Waals surface area contributed by atoms with Crippen LogP contribution in [0.25, 0.3) is 22.5 Å². The van der Waals surface area contributed by atoms with Crippen molar-refractivity contribution in [1.29, 1.82) is 0 Å². The quantitative estimate of drug-likeness (QED) is 0.583. The first-order chi connectivity index (χ1) is 9.77. The van der Waals surface area contributed by atoms with Crippen LogP contribution in [0.15, 0.2) is 54.6 Å². The Bertz CT molecular complexity index is 753. The molecule has 0 saturated carbocycles. The number of H-pyrrole nitrogens is 1. The van der Waals surface area contributed by atoms with E-state index in [1.807, 2.05) is 30.3 Å². The van der Waals surface area contributed by atoms with Crippen LogP contribution in [0.1, 0.15) is 0 Å². The standard InChI is InChI=1S/C14H10N4O2/c19-18(20)12-9-5-4-8-11(12)14-13(15-17-16-14)10-6-2-1-3-7-10/h1-9H,(H,15,16,17). The number of benzene rings is 2. The molecule has 0 aliphatic rings. The molecule has 0 fully saturated rings. The minimum absolute atomic E-state index is 0.0126. The number of nitrogens with zero attached hydrogens (tertiary/aromatic N) is 3. The lowest BCUT2D eigenvalue weighted by atomic mass is 10.0. The van der Waals surface area contributed by atoms with Crippen LogP contribution in [0.3, 0.4) is 0 Å². The van der Waals surface area contributed by atoms with E-state index in [0.717, 1.165) is 5.56 Å². The molecule has 3 rings (SSSR count). The Kier molecular flexibility index (Phi) is 2.96. The molecule has 1 N–H and O–H groups in total. The largest absolute Gasteiger partial charge is 0.278 e. The Hall–Kier alpha value is -3.02. The highest BCUT2D eigenvalue weighted by molar-refractivity contribution is 5.82. The molecule has 0 amide bonds. The van der Waals surface area contributed by atoms with E-state index in [-0.39, 0.29) is 5.69 Å². The summed E-state index contributed by atoms with van der Waals surface area (Å²) in [6, 6.07) is 15.9. The van der Waals surface area contributed by atoms with Gasteiger partial charge in [0.15, 0.2) is 0 Å². The van der Waals surface area contributed by atoms with Crippen LogP contribution in [0.5, 0.6) is 0 Å². The second-order valence-electron chi connectivity index (χ2n) is 4.16. The van der Waals surface area contributed by atoms with E-state index < -0.39 is 4.92 Å². The van der Waals surface area contributed by atoms with E-state index in [0.29, 0.717) is 17.0 Å². The molecule has 0 aliphatic heterocycles. The van der Waals surface area contributed by atoms with Crippen molar-refractivity contribution in [3.05, 3.63) is 64.7 Å². The van der Waals surface area contributed by atoms with Crippen molar-refractivity contribution in [1.82, 2.24) is 15.4 Å². The Balaban J connectivity index is 2.18. The zero-order valence-electron chi connectivity index (χ0n) is 10.4. The van der Waals surface area contributed by atoms with Gasteiger partial charge in [0, 0.05) is 11.6 Å². The molecule has 0 atom stereocenters. The molecular weight excluding hydrogens is 256 g/mol. The third-order valence-corrected chi connectivity index (χ3v) is 2.95. The highest BCUT2D eigenvalue weighted by Crippen LogP contribution is 2.33. The summed E-state index contributed by atoms with van der Waals surface area (Å²) < 4.78 is 0. The number of nitro benzene ring substituents is 1. The number of para-hydroxylation sites is 1. The Morgan fingerprint density at radius 3 is 2.30 bits per heavy atom. The van der Waals surface area contributed by atoms with E-state index in [4.69, 9.17) is 0 Å². The maximum Gasteiger partial charge on any atom is 0.278 e. The molecule has 0 bridgehead atoms. The van der Waals surface area contributed by atoms with Crippen LogP contribution in [0.4, 0.5) is 5.69 Å². The first-order valence-electron chi connectivity index (χ1n) is 5.97. The Morgan fingerprint density at radius 1 is 0.900 bits per heavy atom. The van der Waals surface area contributed by atoms with Gasteiger partial charge in [0.05, 0.1) is 10.5 Å². The molecule has 6 heteroatoms. The summed E-state index contributed by atoms with van der Waals surface area (Å²) in [6.45, 7) is 0. The SMILES string of the molecule is O=[N+]([O-])c1ccccc1-c1n[nH]nc1-c1ccccc1. The topological polar surface area (TPSA) is 84.7 Å². The second kappa shape index (κ2) is 4.93. The lowest BCUT2D eigenvalue weighted by molar-refractivity contribution is -0.384. The Morgan fingerprint density at radius 2 is 1.55 bits per heavy atom. The predicted octanol–water partition coefficient (Wildman–Crippen LogP) is 3.05. The van der Waals surface area contributed by atoms with Crippen molar-refractivity contribution in [3.63, 3.8) is 0 Å². The maximum atomic E-state index is 11.1. The summed E-state index contributed by atoms with van der Waals surface area (Å²) in [5.74, 6) is 0. The van der Waals surface area contributed by atoms with E-state index in [2.05, 4.69) is 15.4 Å². The number of nitrogens with one attached hydrogen (secondary N) is 1. The molecule has 0 unspecified atom stereocenters. The zero-order valence-corrected chi connectivity index (χ0v) is 10.4. The van der Waals surface area contributed by atoms with Crippen LogP contribution < -0.4 is 0 Å². The van der Waals surface area contributed by atoms with Crippen molar-refractivity contribution in [2.75, 3.05) is 0 Å². The minimum atomic E-state index is -0.418. The van der Waals surface area contributed by atoms with Crippen molar-refractivity contribution in [2.24, 2.45) is 0 Å². The molecule has 0 saturated heterocycles. The fraction of sp³-hybridized carbons (Fsp3) is 0. The summed E-state index contributed by atoms with van der Waals surface area (Å²) in [4.78, 5) is 10.7. The molecule has 20 heavy (non-hydrogen) atoms. The van der Waals surface area contributed by atoms with Gasteiger partial charge in [-0.05, 0) is 6.07 Å².